The molecule has 0 aliphatic heterocycles. The maximum Gasteiger partial charge on any atom is 0.232 e. The van der Waals surface area contributed by atoms with Crippen molar-refractivity contribution in [1.82, 2.24) is 9.97 Å². The zero-order valence-corrected chi connectivity index (χ0v) is 11.2. The Morgan fingerprint density at radius 3 is 2.72 bits per heavy atom. The van der Waals surface area contributed by atoms with Crippen molar-refractivity contribution in [2.45, 2.75) is 0 Å². The molecule has 0 saturated carbocycles. The normalized spacial score (nSPS) is 9.83. The summed E-state index contributed by atoms with van der Waals surface area (Å²) in [5.74, 6) is 0.803. The summed E-state index contributed by atoms with van der Waals surface area (Å²) in [7, 11) is 1.79. The third-order valence-electron chi connectivity index (χ3n) is 2.39. The van der Waals surface area contributed by atoms with E-state index in [9.17, 15) is 0 Å². The molecule has 0 aliphatic carbocycles. The lowest BCUT2D eigenvalue weighted by molar-refractivity contribution is 1.03. The third kappa shape index (κ3) is 2.41. The molecule has 0 spiro atoms. The van der Waals surface area contributed by atoms with E-state index in [4.69, 9.17) is 11.0 Å². The van der Waals surface area contributed by atoms with Gasteiger partial charge in [-0.3, -0.25) is 0 Å². The van der Waals surface area contributed by atoms with Gasteiger partial charge >= 0.3 is 0 Å². The van der Waals surface area contributed by atoms with E-state index in [1.54, 1.807) is 24.1 Å². The van der Waals surface area contributed by atoms with Crippen LogP contribution in [0.5, 0.6) is 0 Å². The van der Waals surface area contributed by atoms with Crippen LogP contribution in [0.25, 0.3) is 0 Å². The van der Waals surface area contributed by atoms with Gasteiger partial charge in [0.15, 0.2) is 0 Å². The number of anilines is 3. The van der Waals surface area contributed by atoms with Crippen LogP contribution in [0.3, 0.4) is 0 Å². The maximum atomic E-state index is 9.07. The Morgan fingerprint density at radius 1 is 1.33 bits per heavy atom. The van der Waals surface area contributed by atoms with Crippen LogP contribution in [0.15, 0.2) is 34.9 Å². The van der Waals surface area contributed by atoms with E-state index in [0.717, 1.165) is 5.69 Å². The van der Waals surface area contributed by atoms with Gasteiger partial charge in [-0.15, -0.1) is 0 Å². The minimum absolute atomic E-state index is 0.369. The first-order valence-corrected chi connectivity index (χ1v) is 5.94. The van der Waals surface area contributed by atoms with Gasteiger partial charge in [-0.25, -0.2) is 4.98 Å². The highest BCUT2D eigenvalue weighted by atomic mass is 79.9. The van der Waals surface area contributed by atoms with Crippen LogP contribution < -0.4 is 10.6 Å². The monoisotopic (exact) mass is 303 g/mol. The average Bonchev–Trinajstić information content (AvgIpc) is 2.36. The molecule has 90 valence electrons. The van der Waals surface area contributed by atoms with Crippen LogP contribution in [0, 0.1) is 11.3 Å². The van der Waals surface area contributed by atoms with Crippen molar-refractivity contribution >= 4 is 33.4 Å². The molecule has 2 rings (SSSR count). The molecule has 2 N–H and O–H groups in total. The largest absolute Gasteiger partial charge is 0.383 e. The molecule has 0 radical (unpaired) electrons. The average molecular weight is 304 g/mol. The lowest BCUT2D eigenvalue weighted by atomic mass is 10.2. The molecule has 0 aliphatic rings. The number of nitriles is 1. The second-order valence-corrected chi connectivity index (χ2v) is 4.42. The zero-order chi connectivity index (χ0) is 13.1. The number of benzene rings is 1. The van der Waals surface area contributed by atoms with Crippen LogP contribution in [0.4, 0.5) is 17.5 Å². The molecule has 0 unspecified atom stereocenters. The van der Waals surface area contributed by atoms with E-state index in [0.29, 0.717) is 21.9 Å². The standard InChI is InChI=1S/C12H10BrN5/c1-18(9-5-3-2-4-8(9)7-14)12-16-10(13)6-11(15)17-12/h2-6H,1H3,(H2,15,16,17). The summed E-state index contributed by atoms with van der Waals surface area (Å²) in [5.41, 5.74) is 6.96. The van der Waals surface area contributed by atoms with E-state index >= 15 is 0 Å². The number of nitrogen functional groups attached to an aromatic ring is 1. The Kier molecular flexibility index (Phi) is 3.44. The minimum atomic E-state index is 0.369. The minimum Gasteiger partial charge on any atom is -0.383 e. The van der Waals surface area contributed by atoms with Gasteiger partial charge in [0.05, 0.1) is 11.3 Å². The maximum absolute atomic E-state index is 9.07. The summed E-state index contributed by atoms with van der Waals surface area (Å²) in [6, 6.07) is 11.0. The summed E-state index contributed by atoms with van der Waals surface area (Å²) in [6.45, 7) is 0. The number of para-hydroxylation sites is 1. The molecule has 0 atom stereocenters. The molecule has 5 nitrogen and oxygen atoms in total. The van der Waals surface area contributed by atoms with E-state index < -0.39 is 0 Å². The predicted molar refractivity (Wildman–Crippen MR) is 73.4 cm³/mol. The van der Waals surface area contributed by atoms with Gasteiger partial charge in [0.25, 0.3) is 0 Å². The fourth-order valence-corrected chi connectivity index (χ4v) is 1.93. The van der Waals surface area contributed by atoms with Crippen LogP contribution in [0.1, 0.15) is 5.56 Å². The molecule has 0 fully saturated rings. The summed E-state index contributed by atoms with van der Waals surface area (Å²) < 4.78 is 0.603. The van der Waals surface area contributed by atoms with Crippen molar-refractivity contribution in [3.63, 3.8) is 0 Å². The first-order chi connectivity index (χ1) is 8.61. The van der Waals surface area contributed by atoms with E-state index in [2.05, 4.69) is 32.0 Å². The Bertz CT molecular complexity index is 600. The topological polar surface area (TPSA) is 78.8 Å². The number of hydrogen-bond acceptors (Lipinski definition) is 5. The van der Waals surface area contributed by atoms with Gasteiger partial charge in [-0.05, 0) is 28.1 Å². The number of halogens is 1. The first kappa shape index (κ1) is 12.3. The molecule has 2 aromatic rings. The van der Waals surface area contributed by atoms with E-state index in [1.165, 1.54) is 0 Å². The van der Waals surface area contributed by atoms with E-state index in [-0.39, 0.29) is 0 Å². The number of nitrogens with two attached hydrogens (primary N) is 1. The van der Waals surface area contributed by atoms with Gasteiger partial charge in [0, 0.05) is 13.1 Å². The quantitative estimate of drug-likeness (QED) is 0.862. The molecule has 1 heterocycles. The predicted octanol–water partition coefficient (Wildman–Crippen LogP) is 2.46. The Morgan fingerprint density at radius 2 is 2.06 bits per heavy atom. The molecular formula is C12H10BrN5. The summed E-state index contributed by atoms with van der Waals surface area (Å²) in [4.78, 5) is 10.1. The molecule has 6 heteroatoms. The highest BCUT2D eigenvalue weighted by Crippen LogP contribution is 2.25. The number of hydrogen-bond donors (Lipinski definition) is 1. The molecule has 18 heavy (non-hydrogen) atoms. The second-order valence-electron chi connectivity index (χ2n) is 3.60. The van der Waals surface area contributed by atoms with Gasteiger partial charge in [0.1, 0.15) is 16.5 Å². The van der Waals surface area contributed by atoms with Gasteiger partial charge in [-0.1, -0.05) is 12.1 Å². The van der Waals surface area contributed by atoms with Crippen molar-refractivity contribution in [2.75, 3.05) is 17.7 Å². The highest BCUT2D eigenvalue weighted by molar-refractivity contribution is 9.10. The molecule has 1 aromatic carbocycles. The third-order valence-corrected chi connectivity index (χ3v) is 2.79. The Labute approximate surface area is 113 Å². The number of nitrogens with zero attached hydrogens (tertiary/aromatic N) is 4. The van der Waals surface area contributed by atoms with E-state index in [1.807, 2.05) is 18.2 Å². The van der Waals surface area contributed by atoms with Crippen molar-refractivity contribution in [3.8, 4) is 6.07 Å². The SMILES string of the molecule is CN(c1nc(N)cc(Br)n1)c1ccccc1C#N. The summed E-state index contributed by atoms with van der Waals surface area (Å²) in [6.07, 6.45) is 0. The van der Waals surface area contributed by atoms with Crippen LogP contribution in [0.2, 0.25) is 0 Å². The molecule has 1 aromatic heterocycles. The molecule has 0 saturated heterocycles. The summed E-state index contributed by atoms with van der Waals surface area (Å²) in [5, 5.41) is 9.07. The first-order valence-electron chi connectivity index (χ1n) is 5.14. The van der Waals surface area contributed by atoms with Crippen molar-refractivity contribution in [2.24, 2.45) is 0 Å². The fraction of sp³-hybridized carbons (Fsp3) is 0.0833. The van der Waals surface area contributed by atoms with Gasteiger partial charge in [0.2, 0.25) is 5.95 Å². The van der Waals surface area contributed by atoms with Crippen LogP contribution >= 0.6 is 15.9 Å². The zero-order valence-electron chi connectivity index (χ0n) is 9.63. The lowest BCUT2D eigenvalue weighted by Gasteiger charge is -2.18. The molecule has 0 bridgehead atoms. The second kappa shape index (κ2) is 5.02. The Hall–Kier alpha value is -2.13. The fourth-order valence-electron chi connectivity index (χ4n) is 1.54. The van der Waals surface area contributed by atoms with Gasteiger partial charge in [-0.2, -0.15) is 10.2 Å². The van der Waals surface area contributed by atoms with Crippen LogP contribution in [-0.4, -0.2) is 17.0 Å². The van der Waals surface area contributed by atoms with Crippen molar-refractivity contribution in [1.29, 1.82) is 5.26 Å². The highest BCUT2D eigenvalue weighted by Gasteiger charge is 2.12. The summed E-state index contributed by atoms with van der Waals surface area (Å²) >= 11 is 3.27. The van der Waals surface area contributed by atoms with Crippen molar-refractivity contribution < 1.29 is 0 Å². The molecular weight excluding hydrogens is 294 g/mol. The molecule has 0 amide bonds. The lowest BCUT2D eigenvalue weighted by Crippen LogP contribution is -2.15. The van der Waals surface area contributed by atoms with Crippen LogP contribution in [-0.2, 0) is 0 Å². The smallest absolute Gasteiger partial charge is 0.232 e. The Balaban J connectivity index is 2.48. The number of rotatable bonds is 2. The number of aromatic nitrogens is 2. The van der Waals surface area contributed by atoms with Gasteiger partial charge < -0.3 is 10.6 Å². The van der Waals surface area contributed by atoms with Crippen molar-refractivity contribution in [3.05, 3.63) is 40.5 Å².